The molecule has 0 aromatic heterocycles. The summed E-state index contributed by atoms with van der Waals surface area (Å²) in [7, 11) is -3.57. The third-order valence-electron chi connectivity index (χ3n) is 3.32. The Kier molecular flexibility index (Phi) is 5.41. The smallest absolute Gasteiger partial charge is 0.343 e. The predicted molar refractivity (Wildman–Crippen MR) is 92.8 cm³/mol. The molecular formula is C18H21NO4S. The molecule has 6 heteroatoms. The van der Waals surface area contributed by atoms with Crippen LogP contribution in [0.15, 0.2) is 47.4 Å². The number of aryl methyl sites for hydroxylation is 2. The van der Waals surface area contributed by atoms with E-state index in [1.807, 2.05) is 26.0 Å². The van der Waals surface area contributed by atoms with Crippen LogP contribution in [-0.4, -0.2) is 20.4 Å². The fraction of sp³-hybridized carbons (Fsp3) is 0.278. The summed E-state index contributed by atoms with van der Waals surface area (Å²) in [4.78, 5) is 12.3. The highest BCUT2D eigenvalue weighted by molar-refractivity contribution is 7.89. The van der Waals surface area contributed by atoms with Gasteiger partial charge in [0.1, 0.15) is 5.75 Å². The van der Waals surface area contributed by atoms with Crippen LogP contribution >= 0.6 is 0 Å². The van der Waals surface area contributed by atoms with Crippen LogP contribution in [0.2, 0.25) is 0 Å². The summed E-state index contributed by atoms with van der Waals surface area (Å²) in [6, 6.07) is 11.0. The quantitative estimate of drug-likeness (QED) is 0.666. The molecule has 0 atom stereocenters. The number of sulfonamides is 1. The zero-order valence-corrected chi connectivity index (χ0v) is 15.0. The molecule has 0 radical (unpaired) electrons. The molecule has 0 aliphatic rings. The zero-order valence-electron chi connectivity index (χ0n) is 14.2. The maximum Gasteiger partial charge on any atom is 0.343 e. The molecule has 0 spiro atoms. The number of hydrogen-bond acceptors (Lipinski definition) is 4. The first-order valence-electron chi connectivity index (χ1n) is 7.61. The van der Waals surface area contributed by atoms with Crippen molar-refractivity contribution in [1.29, 1.82) is 0 Å². The Hall–Kier alpha value is -2.18. The van der Waals surface area contributed by atoms with Crippen LogP contribution in [0, 0.1) is 13.8 Å². The molecule has 0 saturated heterocycles. The Bertz CT molecular complexity index is 840. The summed E-state index contributed by atoms with van der Waals surface area (Å²) in [6.45, 7) is 7.31. The van der Waals surface area contributed by atoms with Crippen molar-refractivity contribution in [3.63, 3.8) is 0 Å². The summed E-state index contributed by atoms with van der Waals surface area (Å²) in [5.41, 5.74) is 2.24. The van der Waals surface area contributed by atoms with Crippen LogP contribution in [0.5, 0.6) is 5.75 Å². The molecule has 5 nitrogen and oxygen atoms in total. The van der Waals surface area contributed by atoms with Gasteiger partial charge in [-0.1, -0.05) is 17.7 Å². The van der Waals surface area contributed by atoms with Crippen LogP contribution in [-0.2, 0) is 10.0 Å². The van der Waals surface area contributed by atoms with E-state index in [1.165, 1.54) is 24.3 Å². The number of benzene rings is 2. The first-order valence-corrected chi connectivity index (χ1v) is 9.09. The number of nitrogens with one attached hydrogen (secondary N) is 1. The van der Waals surface area contributed by atoms with Gasteiger partial charge in [0.2, 0.25) is 10.0 Å². The molecule has 0 aliphatic heterocycles. The summed E-state index contributed by atoms with van der Waals surface area (Å²) < 4.78 is 32.0. The number of esters is 1. The van der Waals surface area contributed by atoms with Gasteiger partial charge in [-0.25, -0.2) is 17.9 Å². The van der Waals surface area contributed by atoms with Gasteiger partial charge in [-0.3, -0.25) is 0 Å². The highest BCUT2D eigenvalue weighted by Crippen LogP contribution is 2.20. The van der Waals surface area contributed by atoms with Crippen molar-refractivity contribution in [1.82, 2.24) is 4.72 Å². The molecule has 2 aromatic rings. The lowest BCUT2D eigenvalue weighted by Gasteiger charge is -2.10. The summed E-state index contributed by atoms with van der Waals surface area (Å²) in [5.74, 6) is -0.0357. The van der Waals surface area contributed by atoms with Crippen molar-refractivity contribution in [2.45, 2.75) is 38.6 Å². The molecule has 0 fully saturated rings. The average Bonchev–Trinajstić information content (AvgIpc) is 2.49. The maximum absolute atomic E-state index is 12.2. The Morgan fingerprint density at radius 1 is 1.04 bits per heavy atom. The van der Waals surface area contributed by atoms with E-state index in [2.05, 4.69) is 4.72 Å². The molecule has 2 aromatic carbocycles. The maximum atomic E-state index is 12.2. The van der Waals surface area contributed by atoms with Gasteiger partial charge < -0.3 is 4.74 Å². The van der Waals surface area contributed by atoms with Crippen LogP contribution in [0.1, 0.15) is 35.3 Å². The van der Waals surface area contributed by atoms with E-state index in [-0.39, 0.29) is 10.9 Å². The highest BCUT2D eigenvalue weighted by Gasteiger charge is 2.17. The van der Waals surface area contributed by atoms with Crippen molar-refractivity contribution in [3.8, 4) is 5.75 Å². The highest BCUT2D eigenvalue weighted by atomic mass is 32.2. The first-order chi connectivity index (χ1) is 11.2. The van der Waals surface area contributed by atoms with Gasteiger partial charge in [-0.15, -0.1) is 0 Å². The number of ether oxygens (including phenoxy) is 1. The lowest BCUT2D eigenvalue weighted by Crippen LogP contribution is -2.30. The second-order valence-corrected chi connectivity index (χ2v) is 7.67. The molecule has 0 heterocycles. The van der Waals surface area contributed by atoms with E-state index in [4.69, 9.17) is 4.74 Å². The Labute approximate surface area is 142 Å². The molecule has 0 saturated carbocycles. The number of hydrogen-bond donors (Lipinski definition) is 1. The Morgan fingerprint density at radius 2 is 1.67 bits per heavy atom. The Morgan fingerprint density at radius 3 is 2.21 bits per heavy atom. The predicted octanol–water partition coefficient (Wildman–Crippen LogP) is 3.21. The average molecular weight is 347 g/mol. The summed E-state index contributed by atoms with van der Waals surface area (Å²) >= 11 is 0. The SMILES string of the molecule is Cc1ccc(OC(=O)c2ccc(S(=O)(=O)NC(C)C)cc2)c(C)c1. The fourth-order valence-electron chi connectivity index (χ4n) is 2.22. The van der Waals surface area contributed by atoms with Gasteiger partial charge in [0.05, 0.1) is 10.5 Å². The van der Waals surface area contributed by atoms with Crippen LogP contribution in [0.4, 0.5) is 0 Å². The fourth-order valence-corrected chi connectivity index (χ4v) is 3.47. The van der Waals surface area contributed by atoms with Gasteiger partial charge in [0, 0.05) is 6.04 Å². The van der Waals surface area contributed by atoms with Crippen LogP contribution in [0.25, 0.3) is 0 Å². The lowest BCUT2D eigenvalue weighted by atomic mass is 10.1. The minimum absolute atomic E-state index is 0.110. The van der Waals surface area contributed by atoms with E-state index >= 15 is 0 Å². The second-order valence-electron chi connectivity index (χ2n) is 5.96. The van der Waals surface area contributed by atoms with Crippen molar-refractivity contribution in [3.05, 3.63) is 59.2 Å². The van der Waals surface area contributed by atoms with Gasteiger partial charge in [-0.05, 0) is 63.6 Å². The van der Waals surface area contributed by atoms with Gasteiger partial charge in [0.25, 0.3) is 0 Å². The largest absolute Gasteiger partial charge is 0.423 e. The van der Waals surface area contributed by atoms with Gasteiger partial charge >= 0.3 is 5.97 Å². The van der Waals surface area contributed by atoms with Crippen molar-refractivity contribution < 1.29 is 17.9 Å². The van der Waals surface area contributed by atoms with E-state index in [1.54, 1.807) is 19.9 Å². The second kappa shape index (κ2) is 7.15. The molecular weight excluding hydrogens is 326 g/mol. The molecule has 2 rings (SSSR count). The molecule has 0 aliphatic carbocycles. The van der Waals surface area contributed by atoms with E-state index in [0.29, 0.717) is 11.3 Å². The van der Waals surface area contributed by atoms with Gasteiger partial charge in [0.15, 0.2) is 0 Å². The zero-order chi connectivity index (χ0) is 17.9. The lowest BCUT2D eigenvalue weighted by molar-refractivity contribution is 0.0733. The van der Waals surface area contributed by atoms with Crippen LogP contribution < -0.4 is 9.46 Å². The van der Waals surface area contributed by atoms with E-state index < -0.39 is 16.0 Å². The number of carbonyl (C=O) groups is 1. The molecule has 24 heavy (non-hydrogen) atoms. The molecule has 0 unspecified atom stereocenters. The summed E-state index contributed by atoms with van der Waals surface area (Å²) in [5, 5.41) is 0. The monoisotopic (exact) mass is 347 g/mol. The van der Waals surface area contributed by atoms with Crippen molar-refractivity contribution >= 4 is 16.0 Å². The molecule has 0 bridgehead atoms. The topological polar surface area (TPSA) is 72.5 Å². The summed E-state index contributed by atoms with van der Waals surface area (Å²) in [6.07, 6.45) is 0. The van der Waals surface area contributed by atoms with E-state index in [9.17, 15) is 13.2 Å². The third-order valence-corrected chi connectivity index (χ3v) is 5.00. The van der Waals surface area contributed by atoms with Crippen molar-refractivity contribution in [2.24, 2.45) is 0 Å². The number of carbonyl (C=O) groups excluding carboxylic acids is 1. The molecule has 128 valence electrons. The van der Waals surface area contributed by atoms with Crippen LogP contribution in [0.3, 0.4) is 0 Å². The normalized spacial score (nSPS) is 11.5. The molecule has 0 amide bonds. The first kappa shape index (κ1) is 18.2. The number of rotatable bonds is 5. The van der Waals surface area contributed by atoms with Crippen molar-refractivity contribution in [2.75, 3.05) is 0 Å². The third kappa shape index (κ3) is 4.43. The minimum atomic E-state index is -3.57. The standard InChI is InChI=1S/C18H21NO4S/c1-12(2)19-24(21,22)16-8-6-15(7-9-16)18(20)23-17-10-5-13(3)11-14(17)4/h5-12,19H,1-4H3. The van der Waals surface area contributed by atoms with Gasteiger partial charge in [-0.2, -0.15) is 0 Å². The van der Waals surface area contributed by atoms with E-state index in [0.717, 1.165) is 11.1 Å². The Balaban J connectivity index is 2.17. The minimum Gasteiger partial charge on any atom is -0.423 e. The molecule has 1 N–H and O–H groups in total.